The van der Waals surface area contributed by atoms with Crippen molar-refractivity contribution in [2.24, 2.45) is 5.41 Å². The highest BCUT2D eigenvalue weighted by molar-refractivity contribution is 6.07. The molecule has 0 radical (unpaired) electrons. The van der Waals surface area contributed by atoms with Crippen LogP contribution in [0.15, 0.2) is 0 Å². The van der Waals surface area contributed by atoms with E-state index in [1.54, 1.807) is 0 Å². The number of ether oxygens (including phenoxy) is 2. The van der Waals surface area contributed by atoms with E-state index in [1.165, 1.54) is 13.8 Å². The van der Waals surface area contributed by atoms with E-state index in [-0.39, 0.29) is 43.0 Å². The van der Waals surface area contributed by atoms with Gasteiger partial charge in [0.25, 0.3) is 0 Å². The molecular weight excluding hydrogens is 248 g/mol. The Labute approximate surface area is 112 Å². The summed E-state index contributed by atoms with van der Waals surface area (Å²) in [6, 6.07) is 0. The van der Waals surface area contributed by atoms with Gasteiger partial charge in [-0.3, -0.25) is 9.59 Å². The van der Waals surface area contributed by atoms with Gasteiger partial charge in [-0.1, -0.05) is 0 Å². The van der Waals surface area contributed by atoms with E-state index in [4.69, 9.17) is 9.47 Å². The molecular formula is C14H20O5. The van der Waals surface area contributed by atoms with Gasteiger partial charge in [0.05, 0.1) is 18.6 Å². The SMILES string of the molecule is CC(=O)CC[C@]1(C(C)=O)CC2(CCC1=O)OCCO2. The normalized spacial score (nSPS) is 29.7. The summed E-state index contributed by atoms with van der Waals surface area (Å²) in [6.07, 6.45) is 1.53. The summed E-state index contributed by atoms with van der Waals surface area (Å²) in [4.78, 5) is 35.5. The molecule has 106 valence electrons. The van der Waals surface area contributed by atoms with Crippen molar-refractivity contribution >= 4 is 17.3 Å². The van der Waals surface area contributed by atoms with Crippen LogP contribution < -0.4 is 0 Å². The van der Waals surface area contributed by atoms with E-state index >= 15 is 0 Å². The van der Waals surface area contributed by atoms with E-state index in [9.17, 15) is 14.4 Å². The molecule has 19 heavy (non-hydrogen) atoms. The molecule has 2 fully saturated rings. The Morgan fingerprint density at radius 2 is 1.84 bits per heavy atom. The Hall–Kier alpha value is -1.07. The van der Waals surface area contributed by atoms with E-state index in [0.29, 0.717) is 19.6 Å². The third-order valence-electron chi connectivity index (χ3n) is 4.23. The molecule has 5 heteroatoms. The highest BCUT2D eigenvalue weighted by atomic mass is 16.7. The molecule has 1 atom stereocenters. The maximum absolute atomic E-state index is 12.3. The van der Waals surface area contributed by atoms with Crippen LogP contribution in [-0.2, 0) is 23.9 Å². The molecule has 0 unspecified atom stereocenters. The average molecular weight is 268 g/mol. The van der Waals surface area contributed by atoms with Crippen LogP contribution in [0.1, 0.15) is 46.0 Å². The number of rotatable bonds is 4. The molecule has 0 N–H and O–H groups in total. The molecule has 0 aromatic heterocycles. The topological polar surface area (TPSA) is 69.7 Å². The van der Waals surface area contributed by atoms with Crippen molar-refractivity contribution in [2.45, 2.75) is 51.7 Å². The van der Waals surface area contributed by atoms with Crippen LogP contribution >= 0.6 is 0 Å². The van der Waals surface area contributed by atoms with Gasteiger partial charge in [-0.15, -0.1) is 0 Å². The van der Waals surface area contributed by atoms with Crippen molar-refractivity contribution in [3.63, 3.8) is 0 Å². The maximum atomic E-state index is 12.3. The highest BCUT2D eigenvalue weighted by Crippen LogP contribution is 2.46. The molecule has 1 saturated carbocycles. The Bertz CT molecular complexity index is 408. The van der Waals surface area contributed by atoms with E-state index < -0.39 is 11.2 Å². The summed E-state index contributed by atoms with van der Waals surface area (Å²) >= 11 is 0. The quantitative estimate of drug-likeness (QED) is 0.721. The predicted molar refractivity (Wildman–Crippen MR) is 66.5 cm³/mol. The minimum Gasteiger partial charge on any atom is -0.347 e. The van der Waals surface area contributed by atoms with Crippen LogP contribution in [0.5, 0.6) is 0 Å². The van der Waals surface area contributed by atoms with Gasteiger partial charge in [0.15, 0.2) is 5.79 Å². The van der Waals surface area contributed by atoms with Gasteiger partial charge >= 0.3 is 0 Å². The molecule has 1 spiro atoms. The first-order valence-electron chi connectivity index (χ1n) is 6.72. The van der Waals surface area contributed by atoms with Crippen molar-refractivity contribution in [1.82, 2.24) is 0 Å². The van der Waals surface area contributed by atoms with Crippen molar-refractivity contribution in [2.75, 3.05) is 13.2 Å². The zero-order chi connectivity index (χ0) is 14.1. The number of Topliss-reactive ketones (excluding diaryl/α,β-unsaturated/α-hetero) is 3. The second-order valence-corrected chi connectivity index (χ2v) is 5.55. The van der Waals surface area contributed by atoms with Crippen LogP contribution in [0.2, 0.25) is 0 Å². The van der Waals surface area contributed by atoms with Crippen molar-refractivity contribution in [3.05, 3.63) is 0 Å². The largest absolute Gasteiger partial charge is 0.347 e. The first-order chi connectivity index (χ1) is 8.90. The summed E-state index contributed by atoms with van der Waals surface area (Å²) in [5.74, 6) is -1.07. The fourth-order valence-electron chi connectivity index (χ4n) is 3.05. The van der Waals surface area contributed by atoms with Crippen molar-refractivity contribution < 1.29 is 23.9 Å². The third kappa shape index (κ3) is 2.62. The predicted octanol–water partition coefficient (Wildman–Crippen LogP) is 1.43. The lowest BCUT2D eigenvalue weighted by atomic mass is 9.65. The molecule has 0 bridgehead atoms. The first-order valence-corrected chi connectivity index (χ1v) is 6.72. The molecule has 1 heterocycles. The lowest BCUT2D eigenvalue weighted by molar-refractivity contribution is -0.203. The summed E-state index contributed by atoms with van der Waals surface area (Å²) in [5.41, 5.74) is -1.10. The summed E-state index contributed by atoms with van der Waals surface area (Å²) in [7, 11) is 0. The highest BCUT2D eigenvalue weighted by Gasteiger charge is 2.55. The van der Waals surface area contributed by atoms with Crippen LogP contribution in [0, 0.1) is 5.41 Å². The second-order valence-electron chi connectivity index (χ2n) is 5.55. The standard InChI is InChI=1S/C14H20O5/c1-10(15)3-5-13(11(2)16)9-14(6-4-12(13)17)18-7-8-19-14/h3-9H2,1-2H3/t13-/m1/s1. The summed E-state index contributed by atoms with van der Waals surface area (Å²) in [5, 5.41) is 0. The molecule has 0 aromatic carbocycles. The molecule has 5 nitrogen and oxygen atoms in total. The Morgan fingerprint density at radius 3 is 2.37 bits per heavy atom. The summed E-state index contributed by atoms with van der Waals surface area (Å²) in [6.45, 7) is 3.88. The van der Waals surface area contributed by atoms with Gasteiger partial charge in [0.2, 0.25) is 0 Å². The van der Waals surface area contributed by atoms with Crippen LogP contribution in [0.4, 0.5) is 0 Å². The van der Waals surface area contributed by atoms with Gasteiger partial charge in [-0.2, -0.15) is 0 Å². The molecule has 1 aliphatic carbocycles. The van der Waals surface area contributed by atoms with Gasteiger partial charge in [0, 0.05) is 25.7 Å². The molecule has 2 rings (SSSR count). The van der Waals surface area contributed by atoms with E-state index in [2.05, 4.69) is 0 Å². The molecule has 0 amide bonds. The Balaban J connectivity index is 2.25. The van der Waals surface area contributed by atoms with Gasteiger partial charge in [0.1, 0.15) is 17.3 Å². The lowest BCUT2D eigenvalue weighted by Crippen LogP contribution is -2.51. The molecule has 0 aromatic rings. The van der Waals surface area contributed by atoms with Gasteiger partial charge in [-0.25, -0.2) is 0 Å². The maximum Gasteiger partial charge on any atom is 0.170 e. The summed E-state index contributed by atoms with van der Waals surface area (Å²) < 4.78 is 11.3. The van der Waals surface area contributed by atoms with Crippen LogP contribution in [-0.4, -0.2) is 36.4 Å². The fraction of sp³-hybridized carbons (Fsp3) is 0.786. The molecule has 2 aliphatic rings. The number of carbonyl (C=O) groups excluding carboxylic acids is 3. The monoisotopic (exact) mass is 268 g/mol. The van der Waals surface area contributed by atoms with Crippen molar-refractivity contribution in [3.8, 4) is 0 Å². The Morgan fingerprint density at radius 1 is 1.21 bits per heavy atom. The zero-order valence-electron chi connectivity index (χ0n) is 11.5. The fourth-order valence-corrected chi connectivity index (χ4v) is 3.05. The van der Waals surface area contributed by atoms with Crippen LogP contribution in [0.3, 0.4) is 0 Å². The number of carbonyl (C=O) groups is 3. The zero-order valence-corrected chi connectivity index (χ0v) is 11.5. The minimum absolute atomic E-state index is 0.0127. The van der Waals surface area contributed by atoms with E-state index in [0.717, 1.165) is 0 Å². The van der Waals surface area contributed by atoms with Gasteiger partial charge < -0.3 is 14.3 Å². The minimum atomic E-state index is -1.10. The number of ketones is 3. The Kier molecular flexibility index (Phi) is 3.87. The van der Waals surface area contributed by atoms with Gasteiger partial charge in [-0.05, 0) is 20.3 Å². The van der Waals surface area contributed by atoms with Crippen LogP contribution in [0.25, 0.3) is 0 Å². The molecule has 1 aliphatic heterocycles. The molecule has 1 saturated heterocycles. The third-order valence-corrected chi connectivity index (χ3v) is 4.23. The second kappa shape index (κ2) is 5.13. The average Bonchev–Trinajstić information content (AvgIpc) is 2.79. The van der Waals surface area contributed by atoms with Crippen molar-refractivity contribution in [1.29, 1.82) is 0 Å². The first kappa shape index (κ1) is 14.3. The number of hydrogen-bond acceptors (Lipinski definition) is 5. The van der Waals surface area contributed by atoms with E-state index in [1.807, 2.05) is 0 Å². The smallest absolute Gasteiger partial charge is 0.170 e. The number of hydrogen-bond donors (Lipinski definition) is 0. The lowest BCUT2D eigenvalue weighted by Gasteiger charge is -2.42.